The van der Waals surface area contributed by atoms with Crippen LogP contribution in [0.4, 0.5) is 0 Å². The maximum absolute atomic E-state index is 5.87. The predicted molar refractivity (Wildman–Crippen MR) is 84.6 cm³/mol. The molecule has 2 N–H and O–H groups in total. The molecule has 2 aromatic heterocycles. The molecule has 21 heavy (non-hydrogen) atoms. The average Bonchev–Trinajstić information content (AvgIpc) is 3.04. The third-order valence-corrected chi connectivity index (χ3v) is 3.46. The van der Waals surface area contributed by atoms with E-state index in [1.165, 1.54) is 0 Å². The van der Waals surface area contributed by atoms with Crippen molar-refractivity contribution in [3.8, 4) is 5.75 Å². The van der Waals surface area contributed by atoms with Crippen LogP contribution < -0.4 is 10.5 Å². The number of fused-ring (bicyclic) bond motifs is 1. The highest BCUT2D eigenvalue weighted by Gasteiger charge is 2.17. The molecule has 0 amide bonds. The van der Waals surface area contributed by atoms with Crippen LogP contribution in [0.3, 0.4) is 0 Å². The Hall–Kier alpha value is -2.34. The van der Waals surface area contributed by atoms with Gasteiger partial charge >= 0.3 is 0 Å². The summed E-state index contributed by atoms with van der Waals surface area (Å²) in [6.07, 6.45) is 3.68. The molecule has 0 atom stereocenters. The number of hydrogen-bond donors (Lipinski definition) is 1. The highest BCUT2D eigenvalue weighted by atomic mass is 32.1. The van der Waals surface area contributed by atoms with Crippen molar-refractivity contribution in [2.45, 2.75) is 13.5 Å². The molecule has 0 aliphatic carbocycles. The van der Waals surface area contributed by atoms with Crippen molar-refractivity contribution in [2.75, 3.05) is 6.61 Å². The monoisotopic (exact) mass is 301 g/mol. The lowest BCUT2D eigenvalue weighted by atomic mass is 10.2. The fourth-order valence-corrected chi connectivity index (χ4v) is 2.35. The van der Waals surface area contributed by atoms with Gasteiger partial charge in [0.2, 0.25) is 5.76 Å². The van der Waals surface area contributed by atoms with Crippen molar-refractivity contribution >= 4 is 28.2 Å². The first-order valence-corrected chi connectivity index (χ1v) is 6.99. The first-order valence-electron chi connectivity index (χ1n) is 6.58. The minimum Gasteiger partial charge on any atom is -0.487 e. The van der Waals surface area contributed by atoms with Crippen molar-refractivity contribution in [3.05, 3.63) is 48.2 Å². The van der Waals surface area contributed by atoms with Crippen LogP contribution >= 0.6 is 12.2 Å². The molecule has 3 rings (SSSR count). The SMILES string of the molecule is Cc1nccn1CCOc1c(C(N)=S)oc2ccccc12. The summed E-state index contributed by atoms with van der Waals surface area (Å²) in [5.41, 5.74) is 6.43. The minimum atomic E-state index is 0.194. The van der Waals surface area contributed by atoms with Gasteiger partial charge < -0.3 is 19.5 Å². The third kappa shape index (κ3) is 2.62. The van der Waals surface area contributed by atoms with E-state index < -0.39 is 0 Å². The van der Waals surface area contributed by atoms with Gasteiger partial charge in [0.1, 0.15) is 23.0 Å². The topological polar surface area (TPSA) is 66.2 Å². The maximum atomic E-state index is 5.87. The number of aryl methyl sites for hydroxylation is 1. The number of nitrogens with two attached hydrogens (primary N) is 1. The van der Waals surface area contributed by atoms with Crippen LogP contribution in [0.15, 0.2) is 41.1 Å². The van der Waals surface area contributed by atoms with E-state index in [0.29, 0.717) is 30.2 Å². The van der Waals surface area contributed by atoms with Crippen LogP contribution in [0.2, 0.25) is 0 Å². The van der Waals surface area contributed by atoms with Crippen LogP contribution in [0.1, 0.15) is 11.6 Å². The Labute approximate surface area is 127 Å². The van der Waals surface area contributed by atoms with Gasteiger partial charge in [-0.3, -0.25) is 0 Å². The van der Waals surface area contributed by atoms with Crippen molar-refractivity contribution in [3.63, 3.8) is 0 Å². The Morgan fingerprint density at radius 3 is 2.95 bits per heavy atom. The Balaban J connectivity index is 1.84. The normalized spacial score (nSPS) is 10.9. The van der Waals surface area contributed by atoms with E-state index in [0.717, 1.165) is 11.2 Å². The molecule has 0 unspecified atom stereocenters. The summed E-state index contributed by atoms with van der Waals surface area (Å²) in [7, 11) is 0. The molecule has 5 nitrogen and oxygen atoms in total. The first-order chi connectivity index (χ1) is 10.2. The van der Waals surface area contributed by atoms with E-state index in [4.69, 9.17) is 27.1 Å². The Kier molecular flexibility index (Phi) is 3.62. The van der Waals surface area contributed by atoms with Gasteiger partial charge in [0.25, 0.3) is 0 Å². The smallest absolute Gasteiger partial charge is 0.204 e. The Bertz CT molecular complexity index is 791. The molecule has 0 bridgehead atoms. The standard InChI is InChI=1S/C15H15N3O2S/c1-10-17-6-7-18(10)8-9-19-13-11-4-2-3-5-12(11)20-14(13)15(16)21/h2-7H,8-9H2,1H3,(H2,16,21). The lowest BCUT2D eigenvalue weighted by Gasteiger charge is -2.08. The van der Waals surface area contributed by atoms with Gasteiger partial charge in [-0.15, -0.1) is 0 Å². The Morgan fingerprint density at radius 1 is 1.43 bits per heavy atom. The number of ether oxygens (including phenoxy) is 1. The highest BCUT2D eigenvalue weighted by Crippen LogP contribution is 2.32. The summed E-state index contributed by atoms with van der Waals surface area (Å²) in [6, 6.07) is 7.62. The fourth-order valence-electron chi connectivity index (χ4n) is 2.21. The number of benzene rings is 1. The van der Waals surface area contributed by atoms with Crippen LogP contribution in [0.5, 0.6) is 5.75 Å². The fraction of sp³-hybridized carbons (Fsp3) is 0.200. The van der Waals surface area contributed by atoms with Gasteiger partial charge in [-0.1, -0.05) is 24.4 Å². The molecule has 3 aromatic rings. The lowest BCUT2D eigenvalue weighted by molar-refractivity contribution is 0.295. The second kappa shape index (κ2) is 5.57. The van der Waals surface area contributed by atoms with Gasteiger partial charge in [-0.25, -0.2) is 4.98 Å². The van der Waals surface area contributed by atoms with Crippen LogP contribution in [-0.4, -0.2) is 21.1 Å². The number of furan rings is 1. The van der Waals surface area contributed by atoms with Gasteiger partial charge in [0.05, 0.1) is 11.9 Å². The van der Waals surface area contributed by atoms with E-state index in [1.54, 1.807) is 6.20 Å². The summed E-state index contributed by atoms with van der Waals surface area (Å²) in [6.45, 7) is 3.13. The van der Waals surface area contributed by atoms with Crippen molar-refractivity contribution in [2.24, 2.45) is 5.73 Å². The van der Waals surface area contributed by atoms with Crippen LogP contribution in [0.25, 0.3) is 11.0 Å². The summed E-state index contributed by atoms with van der Waals surface area (Å²) in [5, 5.41) is 0.877. The number of thiocarbonyl (C=S) groups is 1. The molecule has 0 spiro atoms. The molecular formula is C15H15N3O2S. The average molecular weight is 301 g/mol. The second-order valence-corrected chi connectivity index (χ2v) is 5.08. The molecule has 0 fully saturated rings. The summed E-state index contributed by atoms with van der Waals surface area (Å²) >= 11 is 5.03. The lowest BCUT2D eigenvalue weighted by Crippen LogP contribution is -2.13. The molecule has 1 aromatic carbocycles. The first kappa shape index (κ1) is 13.6. The van der Waals surface area contributed by atoms with Gasteiger partial charge in [0.15, 0.2) is 5.75 Å². The molecule has 2 heterocycles. The molecule has 0 aliphatic rings. The largest absolute Gasteiger partial charge is 0.487 e. The quantitative estimate of drug-likeness (QED) is 0.734. The van der Waals surface area contributed by atoms with Crippen molar-refractivity contribution in [1.82, 2.24) is 9.55 Å². The predicted octanol–water partition coefficient (Wildman–Crippen LogP) is 2.65. The molecule has 6 heteroatoms. The molecule has 0 saturated carbocycles. The summed E-state index contributed by atoms with van der Waals surface area (Å²) in [4.78, 5) is 4.37. The number of para-hydroxylation sites is 1. The highest BCUT2D eigenvalue weighted by molar-refractivity contribution is 7.80. The Morgan fingerprint density at radius 2 is 2.24 bits per heavy atom. The zero-order valence-electron chi connectivity index (χ0n) is 11.6. The van der Waals surface area contributed by atoms with E-state index in [-0.39, 0.29) is 4.99 Å². The zero-order chi connectivity index (χ0) is 14.8. The maximum Gasteiger partial charge on any atom is 0.204 e. The third-order valence-electron chi connectivity index (χ3n) is 3.28. The number of imidazole rings is 1. The van der Waals surface area contributed by atoms with Gasteiger partial charge in [-0.2, -0.15) is 0 Å². The minimum absolute atomic E-state index is 0.194. The van der Waals surface area contributed by atoms with Gasteiger partial charge in [0, 0.05) is 12.4 Å². The number of rotatable bonds is 5. The number of hydrogen-bond acceptors (Lipinski definition) is 4. The summed E-state index contributed by atoms with van der Waals surface area (Å²) in [5.74, 6) is 1.98. The zero-order valence-corrected chi connectivity index (χ0v) is 12.4. The van der Waals surface area contributed by atoms with E-state index in [2.05, 4.69) is 4.98 Å². The van der Waals surface area contributed by atoms with Gasteiger partial charge in [-0.05, 0) is 19.1 Å². The number of nitrogens with zero attached hydrogens (tertiary/aromatic N) is 2. The molecule has 108 valence electrons. The molecule has 0 aliphatic heterocycles. The molecule has 0 saturated heterocycles. The molecule has 0 radical (unpaired) electrons. The van der Waals surface area contributed by atoms with Crippen molar-refractivity contribution in [1.29, 1.82) is 0 Å². The molecular weight excluding hydrogens is 286 g/mol. The number of aromatic nitrogens is 2. The second-order valence-electron chi connectivity index (χ2n) is 4.64. The van der Waals surface area contributed by atoms with Crippen molar-refractivity contribution < 1.29 is 9.15 Å². The van der Waals surface area contributed by atoms with E-state index in [9.17, 15) is 0 Å². The van der Waals surface area contributed by atoms with Crippen LogP contribution in [0, 0.1) is 6.92 Å². The van der Waals surface area contributed by atoms with E-state index in [1.807, 2.05) is 42.0 Å². The van der Waals surface area contributed by atoms with Crippen LogP contribution in [-0.2, 0) is 6.54 Å². The van der Waals surface area contributed by atoms with E-state index >= 15 is 0 Å². The summed E-state index contributed by atoms with van der Waals surface area (Å²) < 4.78 is 13.5.